The van der Waals surface area contributed by atoms with Gasteiger partial charge < -0.3 is 19.1 Å². The number of hydrogen-bond donors (Lipinski definition) is 0. The van der Waals surface area contributed by atoms with E-state index in [2.05, 4.69) is 0 Å². The summed E-state index contributed by atoms with van der Waals surface area (Å²) < 4.78 is 16.0. The van der Waals surface area contributed by atoms with Crippen molar-refractivity contribution in [2.45, 2.75) is 19.0 Å². The molecule has 0 aliphatic carbocycles. The fraction of sp³-hybridized carbons (Fsp3) is 0.200. The van der Waals surface area contributed by atoms with Gasteiger partial charge in [-0.05, 0) is 53.6 Å². The minimum absolute atomic E-state index is 0.0684. The van der Waals surface area contributed by atoms with Crippen molar-refractivity contribution >= 4 is 35.3 Å². The highest BCUT2D eigenvalue weighted by molar-refractivity contribution is 6.24. The van der Waals surface area contributed by atoms with E-state index in [1.54, 1.807) is 42.5 Å². The van der Waals surface area contributed by atoms with Gasteiger partial charge in [0.25, 0.3) is 0 Å². The molecular weight excluding hydrogens is 500 g/mol. The quantitative estimate of drug-likeness (QED) is 0.221. The topological polar surface area (TPSA) is 102 Å². The SMILES string of the molecule is CC(=O)Oc1ccc(C(=O)[C@@H]2[C@@H]3C(=O)N(c4ccc5c(c4)OCO5)C(=O)[C@@H]3[C@H]3c4ccccc4C=CN23)cc1. The number of nitrogens with zero attached hydrogens (tertiary/aromatic N) is 2. The predicted octanol–water partition coefficient (Wildman–Crippen LogP) is 3.74. The van der Waals surface area contributed by atoms with Crippen LogP contribution in [-0.2, 0) is 14.4 Å². The van der Waals surface area contributed by atoms with Gasteiger partial charge in [0.05, 0.1) is 23.6 Å². The highest BCUT2D eigenvalue weighted by Crippen LogP contribution is 2.54. The van der Waals surface area contributed by atoms with E-state index in [-0.39, 0.29) is 18.5 Å². The zero-order chi connectivity index (χ0) is 26.8. The van der Waals surface area contributed by atoms with Crippen LogP contribution in [0.25, 0.3) is 6.08 Å². The van der Waals surface area contributed by atoms with E-state index >= 15 is 0 Å². The number of anilines is 1. The molecule has 2 fully saturated rings. The average Bonchev–Trinajstić information content (AvgIpc) is 3.61. The summed E-state index contributed by atoms with van der Waals surface area (Å²) in [7, 11) is 0. The van der Waals surface area contributed by atoms with Crippen molar-refractivity contribution in [1.29, 1.82) is 0 Å². The van der Waals surface area contributed by atoms with Gasteiger partial charge in [-0.3, -0.25) is 19.2 Å². The molecule has 0 radical (unpaired) electrons. The van der Waals surface area contributed by atoms with Crippen LogP contribution in [0.5, 0.6) is 17.2 Å². The second-order valence-corrected chi connectivity index (χ2v) is 9.86. The van der Waals surface area contributed by atoms with Gasteiger partial charge in [-0.25, -0.2) is 4.90 Å². The maximum atomic E-state index is 14.0. The Labute approximate surface area is 223 Å². The van der Waals surface area contributed by atoms with Crippen molar-refractivity contribution in [1.82, 2.24) is 4.90 Å². The van der Waals surface area contributed by atoms with Gasteiger partial charge in [-0.15, -0.1) is 0 Å². The van der Waals surface area contributed by atoms with E-state index in [1.807, 2.05) is 41.4 Å². The fourth-order valence-corrected chi connectivity index (χ4v) is 6.16. The molecular formula is C30H22N2O7. The van der Waals surface area contributed by atoms with E-state index in [1.165, 1.54) is 11.8 Å². The lowest BCUT2D eigenvalue weighted by Crippen LogP contribution is -2.44. The van der Waals surface area contributed by atoms with E-state index in [0.29, 0.717) is 28.5 Å². The molecule has 0 unspecified atom stereocenters. The number of fused-ring (bicyclic) bond motifs is 6. The standard InChI is InChI=1S/C30H22N2O7/c1-16(33)39-20-9-6-18(7-10-20)28(34)27-25-24(26-21-5-3-2-4-17(21)12-13-31(26)27)29(35)32(30(25)36)19-8-11-22-23(14-19)38-15-37-22/h2-14,24-27H,15H2,1H3/t24-,25+,26+,27-/m0/s1. The van der Waals surface area contributed by atoms with Crippen LogP contribution < -0.4 is 19.1 Å². The molecule has 9 nitrogen and oxygen atoms in total. The van der Waals surface area contributed by atoms with E-state index < -0.39 is 35.8 Å². The van der Waals surface area contributed by atoms with Crippen LogP contribution in [0.15, 0.2) is 72.9 Å². The lowest BCUT2D eigenvalue weighted by atomic mass is 9.83. The zero-order valence-corrected chi connectivity index (χ0v) is 20.8. The molecule has 4 atom stereocenters. The highest BCUT2D eigenvalue weighted by atomic mass is 16.7. The van der Waals surface area contributed by atoms with E-state index in [4.69, 9.17) is 14.2 Å². The van der Waals surface area contributed by atoms with Crippen LogP contribution in [0.4, 0.5) is 5.69 Å². The molecule has 194 valence electrons. The van der Waals surface area contributed by atoms with Crippen LogP contribution in [-0.4, -0.2) is 41.3 Å². The third-order valence-corrected chi connectivity index (χ3v) is 7.74. The first kappa shape index (κ1) is 23.2. The van der Waals surface area contributed by atoms with Gasteiger partial charge in [0.1, 0.15) is 11.8 Å². The number of benzene rings is 3. The van der Waals surface area contributed by atoms with Gasteiger partial charge in [-0.1, -0.05) is 24.3 Å². The van der Waals surface area contributed by atoms with Crippen molar-refractivity contribution in [2.24, 2.45) is 11.8 Å². The number of rotatable bonds is 4. The van der Waals surface area contributed by atoms with Gasteiger partial charge in [0, 0.05) is 24.8 Å². The molecule has 9 heteroatoms. The molecule has 3 aromatic carbocycles. The molecule has 39 heavy (non-hydrogen) atoms. The summed E-state index contributed by atoms with van der Waals surface area (Å²) in [5.74, 6) is -1.89. The molecule has 0 N–H and O–H groups in total. The Hall–Kier alpha value is -4.92. The molecule has 0 aromatic heterocycles. The number of ether oxygens (including phenoxy) is 3. The summed E-state index contributed by atoms with van der Waals surface area (Å²) in [5.41, 5.74) is 2.57. The highest BCUT2D eigenvalue weighted by Gasteiger charge is 2.64. The Morgan fingerprint density at radius 2 is 1.64 bits per heavy atom. The summed E-state index contributed by atoms with van der Waals surface area (Å²) in [6.45, 7) is 1.37. The van der Waals surface area contributed by atoms with Gasteiger partial charge in [-0.2, -0.15) is 0 Å². The van der Waals surface area contributed by atoms with Gasteiger partial charge in [0.15, 0.2) is 17.3 Å². The van der Waals surface area contributed by atoms with Crippen LogP contribution in [0.3, 0.4) is 0 Å². The maximum absolute atomic E-state index is 14.0. The third-order valence-electron chi connectivity index (χ3n) is 7.74. The first-order chi connectivity index (χ1) is 18.9. The number of esters is 1. The number of Topliss-reactive ketones (excluding diaryl/α,β-unsaturated/α-hetero) is 1. The molecule has 2 amide bonds. The normalized spacial score (nSPS) is 23.9. The molecule has 2 saturated heterocycles. The van der Waals surface area contributed by atoms with Gasteiger partial charge >= 0.3 is 5.97 Å². The third kappa shape index (κ3) is 3.46. The van der Waals surface area contributed by atoms with Crippen molar-refractivity contribution in [3.8, 4) is 17.2 Å². The number of hydrogen-bond acceptors (Lipinski definition) is 8. The van der Waals surface area contributed by atoms with Crippen molar-refractivity contribution in [2.75, 3.05) is 11.7 Å². The summed E-state index contributed by atoms with van der Waals surface area (Å²) in [6, 6.07) is 17.5. The predicted molar refractivity (Wildman–Crippen MR) is 138 cm³/mol. The smallest absolute Gasteiger partial charge is 0.308 e. The van der Waals surface area contributed by atoms with Crippen LogP contribution in [0.2, 0.25) is 0 Å². The zero-order valence-electron chi connectivity index (χ0n) is 20.8. The first-order valence-corrected chi connectivity index (χ1v) is 12.6. The van der Waals surface area contributed by atoms with Crippen LogP contribution >= 0.6 is 0 Å². The fourth-order valence-electron chi connectivity index (χ4n) is 6.16. The van der Waals surface area contributed by atoms with E-state index in [9.17, 15) is 19.2 Å². The molecule has 0 saturated carbocycles. The maximum Gasteiger partial charge on any atom is 0.308 e. The van der Waals surface area contributed by atoms with Crippen LogP contribution in [0.1, 0.15) is 34.5 Å². The van der Waals surface area contributed by atoms with Crippen LogP contribution in [0, 0.1) is 11.8 Å². The molecule has 4 heterocycles. The minimum Gasteiger partial charge on any atom is -0.454 e. The monoisotopic (exact) mass is 522 g/mol. The number of amides is 2. The average molecular weight is 523 g/mol. The molecule has 0 bridgehead atoms. The molecule has 4 aliphatic rings. The van der Waals surface area contributed by atoms with Crippen molar-refractivity contribution < 1.29 is 33.4 Å². The van der Waals surface area contributed by atoms with Gasteiger partial charge in [0.2, 0.25) is 18.6 Å². The number of carbonyl (C=O) groups excluding carboxylic acids is 4. The molecule has 7 rings (SSSR count). The second-order valence-electron chi connectivity index (χ2n) is 9.86. The molecule has 4 aliphatic heterocycles. The summed E-state index contributed by atoms with van der Waals surface area (Å²) >= 11 is 0. The lowest BCUT2D eigenvalue weighted by molar-refractivity contribution is -0.132. The number of ketones is 1. The molecule has 3 aromatic rings. The Bertz CT molecular complexity index is 1600. The lowest BCUT2D eigenvalue weighted by Gasteiger charge is -2.35. The first-order valence-electron chi connectivity index (χ1n) is 12.6. The minimum atomic E-state index is -0.903. The Morgan fingerprint density at radius 1 is 0.897 bits per heavy atom. The Kier molecular flexibility index (Phi) is 5.09. The largest absolute Gasteiger partial charge is 0.454 e. The Morgan fingerprint density at radius 3 is 2.44 bits per heavy atom. The van der Waals surface area contributed by atoms with E-state index in [0.717, 1.165) is 11.1 Å². The van der Waals surface area contributed by atoms with Crippen molar-refractivity contribution in [3.05, 3.63) is 89.6 Å². The summed E-state index contributed by atoms with van der Waals surface area (Å²) in [6.07, 6.45) is 3.72. The molecule has 0 spiro atoms. The number of carbonyl (C=O) groups is 4. The second kappa shape index (κ2) is 8.56. The Balaban J connectivity index is 1.31. The summed E-state index contributed by atoms with van der Waals surface area (Å²) in [5, 5.41) is 0. The summed E-state index contributed by atoms with van der Waals surface area (Å²) in [4.78, 5) is 56.5. The van der Waals surface area contributed by atoms with Crippen molar-refractivity contribution in [3.63, 3.8) is 0 Å². The number of imide groups is 1.